The van der Waals surface area contributed by atoms with Gasteiger partial charge in [0.2, 0.25) is 17.7 Å². The van der Waals surface area contributed by atoms with E-state index in [2.05, 4.69) is 25.9 Å². The molecule has 3 amide bonds. The summed E-state index contributed by atoms with van der Waals surface area (Å²) < 4.78 is 0. The maximum absolute atomic E-state index is 11.8. The Morgan fingerprint density at radius 3 is 2.40 bits per heavy atom. The third-order valence-electron chi connectivity index (χ3n) is 3.06. The predicted octanol–water partition coefficient (Wildman–Crippen LogP) is -3.93. The number of aliphatic carboxylic acids is 1. The maximum Gasteiger partial charge on any atom is 0.326 e. The van der Waals surface area contributed by atoms with E-state index < -0.39 is 48.9 Å². The van der Waals surface area contributed by atoms with Crippen molar-refractivity contribution in [1.82, 2.24) is 25.9 Å². The highest BCUT2D eigenvalue weighted by atomic mass is 16.4. The molecule has 0 saturated heterocycles. The molecule has 0 aromatic carbocycles. The molecule has 8 N–H and O–H groups in total. The Kier molecular flexibility index (Phi) is 8.02. The Morgan fingerprint density at radius 2 is 1.88 bits per heavy atom. The summed E-state index contributed by atoms with van der Waals surface area (Å²) in [6.07, 6.45) is 2.79. The number of carboxylic acid groups (broad SMARTS) is 1. The van der Waals surface area contributed by atoms with Crippen LogP contribution in [-0.4, -0.2) is 75.7 Å². The van der Waals surface area contributed by atoms with Gasteiger partial charge in [-0.2, -0.15) is 0 Å². The van der Waals surface area contributed by atoms with Gasteiger partial charge in [-0.1, -0.05) is 0 Å². The van der Waals surface area contributed by atoms with Crippen LogP contribution >= 0.6 is 0 Å². The summed E-state index contributed by atoms with van der Waals surface area (Å²) in [6, 6.07) is -2.47. The highest BCUT2D eigenvalue weighted by molar-refractivity contribution is 5.92. The van der Waals surface area contributed by atoms with Gasteiger partial charge in [-0.15, -0.1) is 0 Å². The van der Waals surface area contributed by atoms with E-state index >= 15 is 0 Å². The molecule has 2 unspecified atom stereocenters. The van der Waals surface area contributed by atoms with Crippen molar-refractivity contribution in [2.75, 3.05) is 19.7 Å². The molecule has 0 spiro atoms. The standard InChI is InChI=1S/C13H20N6O6/c14-2-10(21)19-9(5-20)12(23)16-4-11(22)18-8(13(24)25)1-7-3-15-6-17-7/h3,6,8-9,20H,1-2,4-5,14H2,(H,15,17)(H,16,23)(H,18,22)(H,19,21)(H,24,25). The van der Waals surface area contributed by atoms with E-state index in [9.17, 15) is 19.2 Å². The number of hydrogen-bond donors (Lipinski definition) is 7. The molecule has 0 fully saturated rings. The van der Waals surface area contributed by atoms with Crippen molar-refractivity contribution in [2.24, 2.45) is 5.73 Å². The van der Waals surface area contributed by atoms with E-state index in [1.165, 1.54) is 12.5 Å². The number of nitrogens with zero attached hydrogens (tertiary/aromatic N) is 1. The van der Waals surface area contributed by atoms with Crippen molar-refractivity contribution >= 4 is 23.7 Å². The molecule has 1 aromatic heterocycles. The topological polar surface area (TPSA) is 200 Å². The summed E-state index contributed by atoms with van der Waals surface area (Å²) in [5.41, 5.74) is 5.60. The largest absolute Gasteiger partial charge is 0.480 e. The number of aromatic nitrogens is 2. The van der Waals surface area contributed by atoms with E-state index in [4.69, 9.17) is 15.9 Å². The molecule has 138 valence electrons. The summed E-state index contributed by atoms with van der Waals surface area (Å²) in [6.45, 7) is -1.57. The number of H-pyrrole nitrogens is 1. The third kappa shape index (κ3) is 6.97. The van der Waals surface area contributed by atoms with Crippen LogP contribution in [0.25, 0.3) is 0 Å². The fraction of sp³-hybridized carbons (Fsp3) is 0.462. The van der Waals surface area contributed by atoms with Crippen molar-refractivity contribution in [2.45, 2.75) is 18.5 Å². The normalized spacial score (nSPS) is 12.7. The number of hydrogen-bond acceptors (Lipinski definition) is 7. The molecule has 2 atom stereocenters. The van der Waals surface area contributed by atoms with E-state index in [1.807, 2.05) is 0 Å². The van der Waals surface area contributed by atoms with Gasteiger partial charge in [0.1, 0.15) is 12.1 Å². The molecule has 12 heteroatoms. The van der Waals surface area contributed by atoms with Crippen LogP contribution in [0, 0.1) is 0 Å². The molecule has 0 saturated carbocycles. The van der Waals surface area contributed by atoms with Crippen LogP contribution in [0.15, 0.2) is 12.5 Å². The van der Waals surface area contributed by atoms with Gasteiger partial charge in [0.05, 0.1) is 26.0 Å². The van der Waals surface area contributed by atoms with Gasteiger partial charge in [0.25, 0.3) is 0 Å². The number of rotatable bonds is 10. The van der Waals surface area contributed by atoms with Crippen molar-refractivity contribution in [3.05, 3.63) is 18.2 Å². The molecule has 1 aromatic rings. The summed E-state index contributed by atoms with van der Waals surface area (Å²) in [7, 11) is 0. The van der Waals surface area contributed by atoms with Crippen LogP contribution in [0.2, 0.25) is 0 Å². The van der Waals surface area contributed by atoms with Crippen LogP contribution in [0.3, 0.4) is 0 Å². The highest BCUT2D eigenvalue weighted by Gasteiger charge is 2.23. The summed E-state index contributed by atoms with van der Waals surface area (Å²) in [4.78, 5) is 52.3. The van der Waals surface area contributed by atoms with Crippen molar-refractivity contribution in [1.29, 1.82) is 0 Å². The zero-order valence-electron chi connectivity index (χ0n) is 13.2. The van der Waals surface area contributed by atoms with Gasteiger partial charge in [0, 0.05) is 18.3 Å². The van der Waals surface area contributed by atoms with Gasteiger partial charge in [-0.25, -0.2) is 9.78 Å². The molecular formula is C13H20N6O6. The lowest BCUT2D eigenvalue weighted by Crippen LogP contribution is -2.53. The number of aliphatic hydroxyl groups is 1. The zero-order chi connectivity index (χ0) is 18.8. The smallest absolute Gasteiger partial charge is 0.326 e. The number of aromatic amines is 1. The first-order valence-electron chi connectivity index (χ1n) is 7.24. The fourth-order valence-corrected chi connectivity index (χ4v) is 1.80. The first-order chi connectivity index (χ1) is 11.9. The quantitative estimate of drug-likeness (QED) is 0.220. The summed E-state index contributed by atoms with van der Waals surface area (Å²) in [5.74, 6) is -3.45. The van der Waals surface area contributed by atoms with E-state index in [0.717, 1.165) is 0 Å². The molecule has 0 bridgehead atoms. The average Bonchev–Trinajstić information content (AvgIpc) is 3.09. The molecule has 12 nitrogen and oxygen atoms in total. The van der Waals surface area contributed by atoms with E-state index in [0.29, 0.717) is 5.69 Å². The van der Waals surface area contributed by atoms with Gasteiger partial charge in [0.15, 0.2) is 0 Å². The van der Waals surface area contributed by atoms with E-state index in [-0.39, 0.29) is 13.0 Å². The Morgan fingerprint density at radius 1 is 1.20 bits per heavy atom. The SMILES string of the molecule is NCC(=O)NC(CO)C(=O)NCC(=O)NC(Cc1cnc[nH]1)C(=O)O. The number of nitrogens with one attached hydrogen (secondary N) is 4. The van der Waals surface area contributed by atoms with Crippen molar-refractivity contribution < 1.29 is 29.4 Å². The fourth-order valence-electron chi connectivity index (χ4n) is 1.80. The molecule has 0 aliphatic heterocycles. The van der Waals surface area contributed by atoms with Crippen LogP contribution < -0.4 is 21.7 Å². The summed E-state index contributed by atoms with van der Waals surface area (Å²) >= 11 is 0. The molecule has 25 heavy (non-hydrogen) atoms. The van der Waals surface area contributed by atoms with Gasteiger partial charge < -0.3 is 36.9 Å². The van der Waals surface area contributed by atoms with Crippen molar-refractivity contribution in [3.63, 3.8) is 0 Å². The minimum Gasteiger partial charge on any atom is -0.480 e. The lowest BCUT2D eigenvalue weighted by molar-refractivity contribution is -0.141. The minimum atomic E-state index is -1.26. The molecule has 0 aliphatic rings. The predicted molar refractivity (Wildman–Crippen MR) is 82.9 cm³/mol. The molecular weight excluding hydrogens is 336 g/mol. The molecule has 0 radical (unpaired) electrons. The second-order valence-electron chi connectivity index (χ2n) is 4.96. The number of carbonyl (C=O) groups excluding carboxylic acids is 3. The lowest BCUT2D eigenvalue weighted by atomic mass is 10.1. The molecule has 1 heterocycles. The number of imidazole rings is 1. The minimum absolute atomic E-state index is 0.0131. The Balaban J connectivity index is 2.49. The van der Waals surface area contributed by atoms with Gasteiger partial charge >= 0.3 is 5.97 Å². The number of carboxylic acids is 1. The average molecular weight is 356 g/mol. The Labute approximate surface area is 142 Å². The second-order valence-corrected chi connectivity index (χ2v) is 4.96. The second kappa shape index (κ2) is 10.00. The van der Waals surface area contributed by atoms with Gasteiger partial charge in [-0.3, -0.25) is 14.4 Å². The first kappa shape index (κ1) is 20.1. The lowest BCUT2D eigenvalue weighted by Gasteiger charge is -2.17. The Hall–Kier alpha value is -2.99. The van der Waals surface area contributed by atoms with Crippen LogP contribution in [0.4, 0.5) is 0 Å². The maximum atomic E-state index is 11.8. The Bertz CT molecular complexity index is 604. The number of aliphatic hydroxyl groups excluding tert-OH is 1. The highest BCUT2D eigenvalue weighted by Crippen LogP contribution is 1.98. The van der Waals surface area contributed by atoms with Gasteiger partial charge in [-0.05, 0) is 0 Å². The molecule has 1 rings (SSSR count). The third-order valence-corrected chi connectivity index (χ3v) is 3.06. The van der Waals surface area contributed by atoms with Crippen molar-refractivity contribution in [3.8, 4) is 0 Å². The van der Waals surface area contributed by atoms with Crippen LogP contribution in [0.1, 0.15) is 5.69 Å². The summed E-state index contributed by atoms with van der Waals surface area (Å²) in [5, 5.41) is 24.8. The molecule has 0 aliphatic carbocycles. The number of nitrogens with two attached hydrogens (primary N) is 1. The first-order valence-corrected chi connectivity index (χ1v) is 7.24. The zero-order valence-corrected chi connectivity index (χ0v) is 13.2. The number of amides is 3. The van der Waals surface area contributed by atoms with Crippen LogP contribution in [-0.2, 0) is 25.6 Å². The van der Waals surface area contributed by atoms with E-state index in [1.54, 1.807) is 0 Å². The van der Waals surface area contributed by atoms with Crippen LogP contribution in [0.5, 0.6) is 0 Å². The monoisotopic (exact) mass is 356 g/mol. The number of carbonyl (C=O) groups is 4.